The Kier molecular flexibility index (Phi) is 9.04. The highest BCUT2D eigenvalue weighted by molar-refractivity contribution is 7.91. The minimum absolute atomic E-state index is 0.149. The Morgan fingerprint density at radius 1 is 0.867 bits per heavy atom. The van der Waals surface area contributed by atoms with Crippen molar-refractivity contribution < 1.29 is 13.5 Å². The fourth-order valence-corrected chi connectivity index (χ4v) is 2.85. The summed E-state index contributed by atoms with van der Waals surface area (Å²) < 4.78 is 22.9. The number of aliphatic hydroxyl groups excluding tert-OH is 1. The monoisotopic (exact) mass is 237 g/mol. The normalized spacial score (nSPS) is 11.9. The Morgan fingerprint density at radius 2 is 1.40 bits per heavy atom. The van der Waals surface area contributed by atoms with Crippen molar-refractivity contribution in [3.8, 4) is 0 Å². The third kappa shape index (κ3) is 10.2. The highest BCUT2D eigenvalue weighted by Crippen LogP contribution is 2.04. The fourth-order valence-electron chi connectivity index (χ4n) is 1.36. The Labute approximate surface area is 92.8 Å². The summed E-state index contributed by atoms with van der Waals surface area (Å²) in [6.07, 6.45) is 4.67. The molecule has 0 aliphatic heterocycles. The minimum Gasteiger partial charge on any atom is -0.396 e. The quantitative estimate of drug-likeness (QED) is 0.548. The number of nitrogens with two attached hydrogens (primary N) is 1. The smallest absolute Gasteiger partial charge is 0.150 e. The predicted octanol–water partition coefficient (Wildman–Crippen LogP) is 0.693. The van der Waals surface area contributed by atoms with Gasteiger partial charge in [0.05, 0.1) is 11.5 Å². The van der Waals surface area contributed by atoms with Gasteiger partial charge >= 0.3 is 0 Å². The summed E-state index contributed by atoms with van der Waals surface area (Å²) in [6.45, 7) is 0.785. The average molecular weight is 237 g/mol. The van der Waals surface area contributed by atoms with E-state index in [0.717, 1.165) is 25.7 Å². The zero-order chi connectivity index (χ0) is 11.6. The minimum atomic E-state index is -2.86. The van der Waals surface area contributed by atoms with Crippen molar-refractivity contribution in [1.82, 2.24) is 0 Å². The molecule has 15 heavy (non-hydrogen) atoms. The molecule has 92 valence electrons. The molecule has 0 heterocycles. The molecule has 4 nitrogen and oxygen atoms in total. The summed E-state index contributed by atoms with van der Waals surface area (Å²) in [5, 5.41) is 8.53. The van der Waals surface area contributed by atoms with Crippen LogP contribution in [0.2, 0.25) is 0 Å². The van der Waals surface area contributed by atoms with Crippen LogP contribution in [-0.4, -0.2) is 38.2 Å². The summed E-state index contributed by atoms with van der Waals surface area (Å²) in [5.74, 6) is 0.543. The lowest BCUT2D eigenvalue weighted by molar-refractivity contribution is 0.284. The molecule has 0 amide bonds. The summed E-state index contributed by atoms with van der Waals surface area (Å²) in [6, 6.07) is 0. The molecular formula is C10H23NO3S. The lowest BCUT2D eigenvalue weighted by Crippen LogP contribution is -2.11. The lowest BCUT2D eigenvalue weighted by Gasteiger charge is -2.03. The Balaban J connectivity index is 3.50. The van der Waals surface area contributed by atoms with Gasteiger partial charge in [-0.3, -0.25) is 0 Å². The van der Waals surface area contributed by atoms with Gasteiger partial charge in [0, 0.05) is 6.61 Å². The van der Waals surface area contributed by atoms with E-state index in [-0.39, 0.29) is 18.1 Å². The first-order valence-corrected chi connectivity index (χ1v) is 7.46. The average Bonchev–Trinajstić information content (AvgIpc) is 2.20. The third-order valence-electron chi connectivity index (χ3n) is 2.27. The van der Waals surface area contributed by atoms with Crippen LogP contribution in [0, 0.1) is 0 Å². The molecule has 0 aromatic carbocycles. The van der Waals surface area contributed by atoms with Gasteiger partial charge in [0.2, 0.25) is 0 Å². The van der Waals surface area contributed by atoms with Crippen LogP contribution < -0.4 is 5.73 Å². The SMILES string of the molecule is NCCCCCS(=O)(=O)CCCCCO. The molecule has 0 bridgehead atoms. The predicted molar refractivity (Wildman–Crippen MR) is 62.5 cm³/mol. The van der Waals surface area contributed by atoms with Crippen LogP contribution in [0.1, 0.15) is 38.5 Å². The molecule has 0 spiro atoms. The molecule has 0 atom stereocenters. The Morgan fingerprint density at radius 3 is 1.87 bits per heavy atom. The number of unbranched alkanes of at least 4 members (excludes halogenated alkanes) is 4. The first-order valence-electron chi connectivity index (χ1n) is 5.64. The van der Waals surface area contributed by atoms with Crippen molar-refractivity contribution >= 4 is 9.84 Å². The molecular weight excluding hydrogens is 214 g/mol. The number of hydrogen-bond acceptors (Lipinski definition) is 4. The molecule has 0 aromatic rings. The van der Waals surface area contributed by atoms with Crippen LogP contribution in [-0.2, 0) is 9.84 Å². The van der Waals surface area contributed by atoms with E-state index >= 15 is 0 Å². The third-order valence-corrected chi connectivity index (χ3v) is 4.09. The van der Waals surface area contributed by atoms with Gasteiger partial charge in [0.1, 0.15) is 9.84 Å². The highest BCUT2D eigenvalue weighted by atomic mass is 32.2. The zero-order valence-corrected chi connectivity index (χ0v) is 10.1. The molecule has 0 aliphatic carbocycles. The van der Waals surface area contributed by atoms with Crippen molar-refractivity contribution in [3.63, 3.8) is 0 Å². The first kappa shape index (κ1) is 14.9. The number of sulfone groups is 1. The number of aliphatic hydroxyl groups is 1. The summed E-state index contributed by atoms with van der Waals surface area (Å²) >= 11 is 0. The van der Waals surface area contributed by atoms with Gasteiger partial charge < -0.3 is 10.8 Å². The van der Waals surface area contributed by atoms with Gasteiger partial charge in [-0.1, -0.05) is 12.8 Å². The van der Waals surface area contributed by atoms with Gasteiger partial charge in [-0.2, -0.15) is 0 Å². The topological polar surface area (TPSA) is 80.4 Å². The molecule has 0 aromatic heterocycles. The largest absolute Gasteiger partial charge is 0.396 e. The van der Waals surface area contributed by atoms with E-state index in [2.05, 4.69) is 0 Å². The number of hydrogen-bond donors (Lipinski definition) is 2. The van der Waals surface area contributed by atoms with Gasteiger partial charge in [0.15, 0.2) is 0 Å². The van der Waals surface area contributed by atoms with Crippen molar-refractivity contribution in [3.05, 3.63) is 0 Å². The second-order valence-corrected chi connectivity index (χ2v) is 6.09. The molecule has 0 fully saturated rings. The van der Waals surface area contributed by atoms with Crippen LogP contribution in [0.4, 0.5) is 0 Å². The molecule has 0 saturated carbocycles. The van der Waals surface area contributed by atoms with E-state index in [1.165, 1.54) is 0 Å². The van der Waals surface area contributed by atoms with Gasteiger partial charge in [0.25, 0.3) is 0 Å². The Bertz CT molecular complexity index is 209. The van der Waals surface area contributed by atoms with Crippen LogP contribution >= 0.6 is 0 Å². The molecule has 3 N–H and O–H groups in total. The standard InChI is InChI=1S/C10H23NO3S/c11-7-3-1-5-9-15(13,14)10-6-2-4-8-12/h12H,1-11H2. The maximum absolute atomic E-state index is 11.5. The zero-order valence-electron chi connectivity index (χ0n) is 9.32. The second kappa shape index (κ2) is 9.12. The van der Waals surface area contributed by atoms with E-state index in [1.807, 2.05) is 0 Å². The fraction of sp³-hybridized carbons (Fsp3) is 1.00. The lowest BCUT2D eigenvalue weighted by atomic mass is 10.2. The molecule has 0 saturated heterocycles. The molecule has 5 heteroatoms. The summed E-state index contributed by atoms with van der Waals surface area (Å²) in [7, 11) is -2.86. The number of rotatable bonds is 10. The Hall–Kier alpha value is -0.130. The van der Waals surface area contributed by atoms with Crippen molar-refractivity contribution in [2.45, 2.75) is 38.5 Å². The van der Waals surface area contributed by atoms with E-state index < -0.39 is 9.84 Å². The van der Waals surface area contributed by atoms with Crippen molar-refractivity contribution in [2.24, 2.45) is 5.73 Å². The van der Waals surface area contributed by atoms with Crippen LogP contribution in [0.5, 0.6) is 0 Å². The second-order valence-electron chi connectivity index (χ2n) is 3.79. The highest BCUT2D eigenvalue weighted by Gasteiger charge is 2.09. The molecule has 0 aliphatic rings. The maximum Gasteiger partial charge on any atom is 0.150 e. The summed E-state index contributed by atoms with van der Waals surface area (Å²) in [4.78, 5) is 0. The van der Waals surface area contributed by atoms with E-state index in [4.69, 9.17) is 10.8 Å². The van der Waals surface area contributed by atoms with Gasteiger partial charge in [-0.15, -0.1) is 0 Å². The van der Waals surface area contributed by atoms with Crippen molar-refractivity contribution in [1.29, 1.82) is 0 Å². The molecule has 0 unspecified atom stereocenters. The summed E-state index contributed by atoms with van der Waals surface area (Å²) in [5.41, 5.74) is 5.32. The van der Waals surface area contributed by atoms with E-state index in [1.54, 1.807) is 0 Å². The maximum atomic E-state index is 11.5. The molecule has 0 rings (SSSR count). The van der Waals surface area contributed by atoms with Crippen LogP contribution in [0.25, 0.3) is 0 Å². The van der Waals surface area contributed by atoms with Crippen molar-refractivity contribution in [2.75, 3.05) is 24.7 Å². The van der Waals surface area contributed by atoms with E-state index in [0.29, 0.717) is 19.4 Å². The first-order chi connectivity index (χ1) is 7.12. The molecule has 0 radical (unpaired) electrons. The van der Waals surface area contributed by atoms with Gasteiger partial charge in [-0.25, -0.2) is 8.42 Å². The van der Waals surface area contributed by atoms with Crippen LogP contribution in [0.15, 0.2) is 0 Å². The van der Waals surface area contributed by atoms with E-state index in [9.17, 15) is 8.42 Å². The van der Waals surface area contributed by atoms with Gasteiger partial charge in [-0.05, 0) is 32.2 Å². The van der Waals surface area contributed by atoms with Crippen LogP contribution in [0.3, 0.4) is 0 Å².